The highest BCUT2D eigenvalue weighted by Crippen LogP contribution is 2.49. The Bertz CT molecular complexity index is 2130. The lowest BCUT2D eigenvalue weighted by Gasteiger charge is -2.49. The zero-order valence-electron chi connectivity index (χ0n) is 62.2. The molecule has 1 aliphatic carbocycles. The molecule has 1 saturated carbocycles. The van der Waals surface area contributed by atoms with Crippen LogP contribution in [0.5, 0.6) is 0 Å². The van der Waals surface area contributed by atoms with Gasteiger partial charge in [-0.2, -0.15) is 0 Å². The van der Waals surface area contributed by atoms with Crippen molar-refractivity contribution in [3.05, 3.63) is 12.2 Å². The smallest absolute Gasteiger partial charge is 0.463 e. The first-order chi connectivity index (χ1) is 48.8. The van der Waals surface area contributed by atoms with Crippen LogP contribution in [0.2, 0.25) is 0 Å². The van der Waals surface area contributed by atoms with Crippen molar-refractivity contribution in [2.75, 3.05) is 26.4 Å². The van der Waals surface area contributed by atoms with Crippen LogP contribution in [-0.2, 0) is 61.2 Å². The molecule has 18 unspecified atom stereocenters. The maximum atomic E-state index is 14.4. The summed E-state index contributed by atoms with van der Waals surface area (Å²) in [4.78, 5) is 51.1. The van der Waals surface area contributed by atoms with Crippen molar-refractivity contribution >= 4 is 25.7 Å². The number of phosphoric acid groups is 1. The number of esters is 3. The molecule has 25 heteroatoms. The Labute approximate surface area is 605 Å². The standard InChI is InChI=1S/C76H141O24P/c1-4-7-10-13-16-19-22-25-27-29-31-34-35-38-41-44-47-50-60(78)92-54-57(95-62(80)52-49-46-43-40-37-32-24-21-18-15-12-9-6-3)55-94-101(90,91)100-74-72(98-75-70(88)65(83)63(81)58(53-77)96-75)68(86)67(85)69(87)73(74)99-76-71(89)66(84)64(82)59(97-76)56-93-61(79)51-48-45-42-39-36-33-30-28-26-23-20-17-14-11-8-5-2/h32,37,57-59,63-77,81-89H,4-31,33-36,38-56H2,1-3H3,(H,90,91)/b37-32-. The van der Waals surface area contributed by atoms with E-state index in [0.717, 1.165) is 83.5 Å². The predicted molar refractivity (Wildman–Crippen MR) is 384 cm³/mol. The van der Waals surface area contributed by atoms with Gasteiger partial charge in [-0.15, -0.1) is 0 Å². The zero-order chi connectivity index (χ0) is 73.9. The third-order valence-electron chi connectivity index (χ3n) is 19.8. The number of aliphatic hydroxyl groups excluding tert-OH is 10. The molecule has 101 heavy (non-hydrogen) atoms. The van der Waals surface area contributed by atoms with Gasteiger partial charge in [-0.3, -0.25) is 23.4 Å². The highest BCUT2D eigenvalue weighted by molar-refractivity contribution is 7.47. The quantitative estimate of drug-likeness (QED) is 0.00886. The van der Waals surface area contributed by atoms with Gasteiger partial charge in [0, 0.05) is 19.3 Å². The second-order valence-electron chi connectivity index (χ2n) is 28.8. The van der Waals surface area contributed by atoms with Crippen molar-refractivity contribution in [2.24, 2.45) is 0 Å². The molecule has 0 aromatic carbocycles. The number of unbranched alkanes of at least 4 members (excludes halogenated alkanes) is 40. The van der Waals surface area contributed by atoms with Gasteiger partial charge in [0.15, 0.2) is 18.7 Å². The fraction of sp³-hybridized carbons (Fsp3) is 0.934. The van der Waals surface area contributed by atoms with Crippen LogP contribution in [0.4, 0.5) is 0 Å². The molecule has 0 amide bonds. The Morgan fingerprint density at radius 1 is 0.376 bits per heavy atom. The number of ether oxygens (including phenoxy) is 7. The third kappa shape index (κ3) is 40.5. The number of allylic oxidation sites excluding steroid dienone is 2. The summed E-state index contributed by atoms with van der Waals surface area (Å²) in [5.41, 5.74) is 0. The minimum atomic E-state index is -5.70. The van der Waals surface area contributed by atoms with Gasteiger partial charge in [0.1, 0.15) is 98.7 Å². The van der Waals surface area contributed by atoms with Crippen molar-refractivity contribution < 1.29 is 117 Å². The van der Waals surface area contributed by atoms with Crippen molar-refractivity contribution in [3.8, 4) is 0 Å². The topological polar surface area (TPSA) is 374 Å². The normalized spacial score (nSPS) is 27.2. The minimum Gasteiger partial charge on any atom is -0.463 e. The van der Waals surface area contributed by atoms with E-state index in [2.05, 4.69) is 32.9 Å². The number of rotatable bonds is 63. The molecular formula is C76H141O24P. The van der Waals surface area contributed by atoms with Crippen molar-refractivity contribution in [1.29, 1.82) is 0 Å². The Morgan fingerprint density at radius 3 is 1.08 bits per heavy atom. The van der Waals surface area contributed by atoms with E-state index >= 15 is 0 Å². The number of carbonyl (C=O) groups excluding carboxylic acids is 3. The van der Waals surface area contributed by atoms with E-state index < -0.39 is 156 Å². The first-order valence-corrected chi connectivity index (χ1v) is 41.5. The Balaban J connectivity index is 1.70. The molecule has 0 bridgehead atoms. The van der Waals surface area contributed by atoms with Crippen LogP contribution in [0.15, 0.2) is 12.2 Å². The van der Waals surface area contributed by atoms with Gasteiger partial charge in [-0.1, -0.05) is 270 Å². The molecule has 2 heterocycles. The van der Waals surface area contributed by atoms with E-state index in [1.54, 1.807) is 0 Å². The first kappa shape index (κ1) is 92.9. The molecule has 2 saturated heterocycles. The molecule has 3 fully saturated rings. The Kier molecular flexibility index (Phi) is 53.2. The average molecular weight is 1470 g/mol. The lowest BCUT2D eigenvalue weighted by atomic mass is 9.84. The monoisotopic (exact) mass is 1470 g/mol. The fourth-order valence-corrected chi connectivity index (χ4v) is 14.2. The number of carbonyl (C=O) groups is 3. The number of phosphoric ester groups is 1. The zero-order valence-corrected chi connectivity index (χ0v) is 63.1. The average Bonchev–Trinajstić information content (AvgIpc) is 0.763. The van der Waals surface area contributed by atoms with Crippen LogP contribution in [-0.4, -0.2) is 204 Å². The molecule has 3 aliphatic rings. The van der Waals surface area contributed by atoms with E-state index in [1.165, 1.54) is 173 Å². The summed E-state index contributed by atoms with van der Waals surface area (Å²) in [6.45, 7) is 3.47. The van der Waals surface area contributed by atoms with Gasteiger partial charge in [0.2, 0.25) is 0 Å². The molecular weight excluding hydrogens is 1330 g/mol. The van der Waals surface area contributed by atoms with Gasteiger partial charge in [-0.05, 0) is 44.9 Å². The van der Waals surface area contributed by atoms with Crippen LogP contribution in [0.3, 0.4) is 0 Å². The second kappa shape index (κ2) is 57.8. The summed E-state index contributed by atoms with van der Waals surface area (Å²) in [5, 5.41) is 110. The van der Waals surface area contributed by atoms with Gasteiger partial charge in [0.25, 0.3) is 0 Å². The summed E-state index contributed by atoms with van der Waals surface area (Å²) in [6.07, 6.45) is 18.3. The summed E-state index contributed by atoms with van der Waals surface area (Å²) < 4.78 is 65.1. The van der Waals surface area contributed by atoms with Crippen LogP contribution < -0.4 is 0 Å². The predicted octanol–water partition coefficient (Wildman–Crippen LogP) is 11.9. The number of aliphatic hydroxyl groups is 10. The van der Waals surface area contributed by atoms with Gasteiger partial charge in [0.05, 0.1) is 13.2 Å². The third-order valence-corrected chi connectivity index (χ3v) is 20.8. The summed E-state index contributed by atoms with van der Waals surface area (Å²) in [5.74, 6) is -1.99. The molecule has 11 N–H and O–H groups in total. The molecule has 594 valence electrons. The molecule has 0 aromatic heterocycles. The highest BCUT2D eigenvalue weighted by atomic mass is 31.2. The lowest BCUT2D eigenvalue weighted by molar-refractivity contribution is -0.360. The van der Waals surface area contributed by atoms with Gasteiger partial charge in [-0.25, -0.2) is 4.57 Å². The first-order valence-electron chi connectivity index (χ1n) is 40.0. The van der Waals surface area contributed by atoms with Crippen molar-refractivity contribution in [2.45, 2.75) is 427 Å². The Morgan fingerprint density at radius 2 is 0.693 bits per heavy atom. The van der Waals surface area contributed by atoms with Crippen molar-refractivity contribution in [1.82, 2.24) is 0 Å². The summed E-state index contributed by atoms with van der Waals surface area (Å²) in [7, 11) is -5.70. The van der Waals surface area contributed by atoms with E-state index in [1.807, 2.05) is 0 Å². The lowest BCUT2D eigenvalue weighted by Crippen LogP contribution is -2.69. The maximum absolute atomic E-state index is 14.4. The van der Waals surface area contributed by atoms with E-state index in [4.69, 9.17) is 42.2 Å². The van der Waals surface area contributed by atoms with Crippen molar-refractivity contribution in [3.63, 3.8) is 0 Å². The molecule has 24 nitrogen and oxygen atoms in total. The molecule has 0 aromatic rings. The SMILES string of the molecule is CCCCCCCC/C=C\CCCCCC(=O)OC(COC(=O)CCCCCCCCCCCCCCCCCCC)COP(=O)(O)OC1C(OC2OC(CO)C(O)C(O)C2O)C(O)C(O)C(O)C1OC1OC(COC(=O)CCCCCCCCCCCCCCCCCC)C(O)C(O)C1O. The van der Waals surface area contributed by atoms with Crippen LogP contribution >= 0.6 is 7.82 Å². The number of hydrogen-bond donors (Lipinski definition) is 11. The van der Waals surface area contributed by atoms with E-state index in [-0.39, 0.29) is 19.3 Å². The second-order valence-corrected chi connectivity index (χ2v) is 30.2. The van der Waals surface area contributed by atoms with Gasteiger partial charge >= 0.3 is 25.7 Å². The number of hydrogen-bond acceptors (Lipinski definition) is 23. The molecule has 0 spiro atoms. The Hall–Kier alpha value is -2.30. The van der Waals surface area contributed by atoms with E-state index in [0.29, 0.717) is 25.7 Å². The highest BCUT2D eigenvalue weighted by Gasteiger charge is 2.58. The van der Waals surface area contributed by atoms with Crippen LogP contribution in [0, 0.1) is 0 Å². The van der Waals surface area contributed by atoms with Gasteiger partial charge < -0.3 is 89.1 Å². The maximum Gasteiger partial charge on any atom is 0.472 e. The van der Waals surface area contributed by atoms with Crippen LogP contribution in [0.25, 0.3) is 0 Å². The minimum absolute atomic E-state index is 0.0324. The molecule has 18 atom stereocenters. The van der Waals surface area contributed by atoms with E-state index in [9.17, 15) is 74.9 Å². The largest absolute Gasteiger partial charge is 0.472 e. The molecule has 0 radical (unpaired) electrons. The summed E-state index contributed by atoms with van der Waals surface area (Å²) >= 11 is 0. The molecule has 3 rings (SSSR count). The summed E-state index contributed by atoms with van der Waals surface area (Å²) in [6, 6.07) is 0. The fourth-order valence-electron chi connectivity index (χ4n) is 13.3. The molecule has 2 aliphatic heterocycles. The van der Waals surface area contributed by atoms with Crippen LogP contribution in [0.1, 0.15) is 323 Å².